The molecule has 0 heterocycles. The maximum atomic E-state index is 10.0. The van der Waals surface area contributed by atoms with Gasteiger partial charge in [-0.2, -0.15) is 0 Å². The van der Waals surface area contributed by atoms with Gasteiger partial charge in [0, 0.05) is 17.6 Å². The fourth-order valence-electron chi connectivity index (χ4n) is 1.76. The number of benzene rings is 1. The van der Waals surface area contributed by atoms with Crippen LogP contribution in [0.25, 0.3) is 0 Å². The molecular formula is C13H21NO. The summed E-state index contributed by atoms with van der Waals surface area (Å²) in [6.07, 6.45) is 0. The molecule has 0 aliphatic carbocycles. The Hall–Kier alpha value is -1.02. The van der Waals surface area contributed by atoms with E-state index in [2.05, 4.69) is 32.2 Å². The normalized spacial score (nSPS) is 13.2. The summed E-state index contributed by atoms with van der Waals surface area (Å²) >= 11 is 0. The van der Waals surface area contributed by atoms with Gasteiger partial charge in [-0.15, -0.1) is 0 Å². The minimum absolute atomic E-state index is 0.185. The zero-order valence-corrected chi connectivity index (χ0v) is 10.3. The van der Waals surface area contributed by atoms with Crippen LogP contribution in [0.1, 0.15) is 43.5 Å². The molecule has 1 aromatic carbocycles. The van der Waals surface area contributed by atoms with E-state index in [9.17, 15) is 5.11 Å². The van der Waals surface area contributed by atoms with E-state index in [0.29, 0.717) is 11.8 Å². The van der Waals surface area contributed by atoms with Crippen molar-refractivity contribution in [1.29, 1.82) is 0 Å². The first-order valence-corrected chi connectivity index (χ1v) is 5.48. The smallest absolute Gasteiger partial charge is 0.123 e. The van der Waals surface area contributed by atoms with Gasteiger partial charge in [-0.25, -0.2) is 0 Å². The topological polar surface area (TPSA) is 32.3 Å². The van der Waals surface area contributed by atoms with Gasteiger partial charge >= 0.3 is 0 Å². The number of nitrogens with one attached hydrogen (secondary N) is 1. The highest BCUT2D eigenvalue weighted by atomic mass is 16.3. The third-order valence-corrected chi connectivity index (χ3v) is 2.78. The van der Waals surface area contributed by atoms with E-state index in [0.717, 1.165) is 16.7 Å². The molecule has 0 fully saturated rings. The van der Waals surface area contributed by atoms with Gasteiger partial charge < -0.3 is 10.4 Å². The summed E-state index contributed by atoms with van der Waals surface area (Å²) in [5, 5.41) is 13.4. The van der Waals surface area contributed by atoms with Crippen LogP contribution >= 0.6 is 0 Å². The van der Waals surface area contributed by atoms with Crippen molar-refractivity contribution in [1.82, 2.24) is 5.32 Å². The summed E-state index contributed by atoms with van der Waals surface area (Å²) < 4.78 is 0. The summed E-state index contributed by atoms with van der Waals surface area (Å²) in [6, 6.07) is 4.66. The third-order valence-electron chi connectivity index (χ3n) is 2.78. The lowest BCUT2D eigenvalue weighted by molar-refractivity contribution is 0.438. The Morgan fingerprint density at radius 2 is 1.73 bits per heavy atom. The molecule has 0 saturated heterocycles. The monoisotopic (exact) mass is 207 g/mol. The molecule has 0 amide bonds. The predicted octanol–water partition coefficient (Wildman–Crippen LogP) is 3.07. The maximum absolute atomic E-state index is 10.0. The van der Waals surface area contributed by atoms with Crippen LogP contribution in [-0.2, 0) is 0 Å². The van der Waals surface area contributed by atoms with E-state index in [1.165, 1.54) is 0 Å². The number of hydrogen-bond donors (Lipinski definition) is 2. The third kappa shape index (κ3) is 2.72. The fraction of sp³-hybridized carbons (Fsp3) is 0.538. The van der Waals surface area contributed by atoms with Crippen molar-refractivity contribution in [2.75, 3.05) is 0 Å². The van der Waals surface area contributed by atoms with Gasteiger partial charge in [0.15, 0.2) is 0 Å². The Kier molecular flexibility index (Phi) is 3.75. The first-order valence-electron chi connectivity index (χ1n) is 5.48. The lowest BCUT2D eigenvalue weighted by Crippen LogP contribution is -2.26. The maximum Gasteiger partial charge on any atom is 0.123 e. The molecule has 0 radical (unpaired) electrons. The largest absolute Gasteiger partial charge is 0.507 e. The molecule has 0 saturated carbocycles. The van der Waals surface area contributed by atoms with Crippen molar-refractivity contribution in [3.8, 4) is 5.75 Å². The highest BCUT2D eigenvalue weighted by Crippen LogP contribution is 2.29. The van der Waals surface area contributed by atoms with Crippen LogP contribution in [0.2, 0.25) is 0 Å². The highest BCUT2D eigenvalue weighted by molar-refractivity contribution is 5.45. The highest BCUT2D eigenvalue weighted by Gasteiger charge is 2.13. The number of aromatic hydroxyl groups is 1. The summed E-state index contributed by atoms with van der Waals surface area (Å²) in [6.45, 7) is 10.3. The van der Waals surface area contributed by atoms with Crippen LogP contribution in [0.5, 0.6) is 5.75 Å². The average Bonchev–Trinajstić information content (AvgIpc) is 2.13. The van der Waals surface area contributed by atoms with Gasteiger partial charge in [-0.3, -0.25) is 0 Å². The van der Waals surface area contributed by atoms with E-state index >= 15 is 0 Å². The first-order chi connectivity index (χ1) is 6.93. The van der Waals surface area contributed by atoms with E-state index in [-0.39, 0.29) is 6.04 Å². The molecule has 1 aromatic rings. The molecule has 0 aliphatic rings. The lowest BCUT2D eigenvalue weighted by Gasteiger charge is -2.19. The molecule has 0 aromatic heterocycles. The lowest BCUT2D eigenvalue weighted by atomic mass is 10.00. The fourth-order valence-corrected chi connectivity index (χ4v) is 1.76. The number of phenolic OH excluding ortho intramolecular Hbond substituents is 1. The van der Waals surface area contributed by atoms with Crippen LogP contribution in [0, 0.1) is 13.8 Å². The summed E-state index contributed by atoms with van der Waals surface area (Å²) in [4.78, 5) is 0. The molecule has 0 bridgehead atoms. The van der Waals surface area contributed by atoms with Crippen molar-refractivity contribution < 1.29 is 5.11 Å². The quantitative estimate of drug-likeness (QED) is 0.798. The van der Waals surface area contributed by atoms with Gasteiger partial charge in [-0.05, 0) is 31.9 Å². The van der Waals surface area contributed by atoms with Gasteiger partial charge in [0.1, 0.15) is 5.75 Å². The first kappa shape index (κ1) is 12.1. The molecule has 2 nitrogen and oxygen atoms in total. The second-order valence-electron chi connectivity index (χ2n) is 4.49. The van der Waals surface area contributed by atoms with E-state index in [4.69, 9.17) is 0 Å². The van der Waals surface area contributed by atoms with Crippen LogP contribution in [0.4, 0.5) is 0 Å². The van der Waals surface area contributed by atoms with E-state index in [1.54, 1.807) is 0 Å². The van der Waals surface area contributed by atoms with Crippen molar-refractivity contribution in [2.24, 2.45) is 0 Å². The van der Waals surface area contributed by atoms with E-state index in [1.807, 2.05) is 19.9 Å². The van der Waals surface area contributed by atoms with Crippen LogP contribution in [-0.4, -0.2) is 11.1 Å². The minimum Gasteiger partial charge on any atom is -0.507 e. The number of rotatable bonds is 3. The Balaban J connectivity index is 3.00. The molecule has 0 spiro atoms. The van der Waals surface area contributed by atoms with Crippen molar-refractivity contribution in [3.05, 3.63) is 28.8 Å². The number of phenols is 1. The molecule has 1 rings (SSSR count). The number of hydrogen-bond acceptors (Lipinski definition) is 2. The Morgan fingerprint density at radius 3 is 2.27 bits per heavy atom. The van der Waals surface area contributed by atoms with Gasteiger partial charge in [0.2, 0.25) is 0 Å². The molecule has 84 valence electrons. The molecule has 1 atom stereocenters. The van der Waals surface area contributed by atoms with Crippen molar-refractivity contribution >= 4 is 0 Å². The zero-order chi connectivity index (χ0) is 11.6. The summed E-state index contributed by atoms with van der Waals surface area (Å²) in [5.74, 6) is 0.427. The van der Waals surface area contributed by atoms with Gasteiger partial charge in [-0.1, -0.05) is 26.0 Å². The van der Waals surface area contributed by atoms with Crippen LogP contribution < -0.4 is 5.32 Å². The Bertz CT molecular complexity index is 345. The van der Waals surface area contributed by atoms with Crippen LogP contribution in [0.3, 0.4) is 0 Å². The van der Waals surface area contributed by atoms with Crippen molar-refractivity contribution in [2.45, 2.75) is 46.7 Å². The SMILES string of the molecule is Cc1ccc(C(C)NC(C)C)c(O)c1C. The Labute approximate surface area is 92.3 Å². The molecule has 2 N–H and O–H groups in total. The second kappa shape index (κ2) is 4.67. The predicted molar refractivity (Wildman–Crippen MR) is 64.3 cm³/mol. The van der Waals surface area contributed by atoms with Gasteiger partial charge in [0.25, 0.3) is 0 Å². The zero-order valence-electron chi connectivity index (χ0n) is 10.3. The molecule has 1 unspecified atom stereocenters. The van der Waals surface area contributed by atoms with E-state index < -0.39 is 0 Å². The summed E-state index contributed by atoms with van der Waals surface area (Å²) in [5.41, 5.74) is 3.09. The molecular weight excluding hydrogens is 186 g/mol. The van der Waals surface area contributed by atoms with Crippen LogP contribution in [0.15, 0.2) is 12.1 Å². The minimum atomic E-state index is 0.185. The Morgan fingerprint density at radius 1 is 1.13 bits per heavy atom. The number of aryl methyl sites for hydroxylation is 1. The molecule has 15 heavy (non-hydrogen) atoms. The molecule has 2 heteroatoms. The summed E-state index contributed by atoms with van der Waals surface area (Å²) in [7, 11) is 0. The second-order valence-corrected chi connectivity index (χ2v) is 4.49. The van der Waals surface area contributed by atoms with Crippen molar-refractivity contribution in [3.63, 3.8) is 0 Å². The average molecular weight is 207 g/mol. The standard InChI is InChI=1S/C13H21NO/c1-8(2)14-11(5)12-7-6-9(3)10(4)13(12)15/h6-8,11,14-15H,1-5H3. The van der Waals surface area contributed by atoms with Gasteiger partial charge in [0.05, 0.1) is 0 Å². The molecule has 0 aliphatic heterocycles.